The van der Waals surface area contributed by atoms with Crippen LogP contribution in [-0.2, 0) is 0 Å². The number of rotatable bonds is 2. The maximum atomic E-state index is 4.69. The van der Waals surface area contributed by atoms with Crippen LogP contribution in [0.4, 0.5) is 5.82 Å². The summed E-state index contributed by atoms with van der Waals surface area (Å²) in [6, 6.07) is 14.8. The van der Waals surface area contributed by atoms with Crippen molar-refractivity contribution in [2.75, 3.05) is 18.0 Å². The third-order valence-corrected chi connectivity index (χ3v) is 4.90. The van der Waals surface area contributed by atoms with Gasteiger partial charge in [-0.15, -0.1) is 0 Å². The molecule has 1 saturated heterocycles. The second-order valence-corrected chi connectivity index (χ2v) is 7.40. The van der Waals surface area contributed by atoms with Crippen LogP contribution in [0.25, 0.3) is 11.1 Å². The molecule has 0 unspecified atom stereocenters. The lowest BCUT2D eigenvalue weighted by Crippen LogP contribution is -2.38. The van der Waals surface area contributed by atoms with Crippen LogP contribution in [0.1, 0.15) is 33.6 Å². The largest absolute Gasteiger partial charge is 0.357 e. The van der Waals surface area contributed by atoms with E-state index in [-0.39, 0.29) is 0 Å². The summed E-state index contributed by atoms with van der Waals surface area (Å²) in [6.07, 6.45) is 4.54. The molecule has 3 rings (SSSR count). The van der Waals surface area contributed by atoms with Crippen molar-refractivity contribution < 1.29 is 0 Å². The molecule has 1 aliphatic heterocycles. The van der Waals surface area contributed by atoms with Crippen molar-refractivity contribution in [1.82, 2.24) is 4.98 Å². The first kappa shape index (κ1) is 15.1. The summed E-state index contributed by atoms with van der Waals surface area (Å²) >= 11 is 0. The molecule has 0 aliphatic carbocycles. The Morgan fingerprint density at radius 2 is 1.59 bits per heavy atom. The number of hydrogen-bond donors (Lipinski definition) is 0. The van der Waals surface area contributed by atoms with E-state index in [1.807, 2.05) is 12.3 Å². The molecule has 0 bridgehead atoms. The van der Waals surface area contributed by atoms with Crippen LogP contribution in [0.15, 0.2) is 48.7 Å². The Labute approximate surface area is 134 Å². The van der Waals surface area contributed by atoms with Crippen LogP contribution in [0, 0.1) is 11.3 Å². The molecule has 0 atom stereocenters. The molecule has 0 saturated carbocycles. The van der Waals surface area contributed by atoms with E-state index in [1.165, 1.54) is 24.0 Å². The van der Waals surface area contributed by atoms with Gasteiger partial charge in [-0.2, -0.15) is 0 Å². The molecule has 0 spiro atoms. The van der Waals surface area contributed by atoms with Crippen molar-refractivity contribution in [3.05, 3.63) is 48.7 Å². The highest BCUT2D eigenvalue weighted by molar-refractivity contribution is 5.63. The third kappa shape index (κ3) is 3.32. The molecule has 1 aliphatic rings. The fraction of sp³-hybridized carbons (Fsp3) is 0.450. The highest BCUT2D eigenvalue weighted by Crippen LogP contribution is 2.35. The summed E-state index contributed by atoms with van der Waals surface area (Å²) in [5, 5.41) is 0. The maximum absolute atomic E-state index is 4.69. The molecular weight excluding hydrogens is 268 g/mol. The van der Waals surface area contributed by atoms with Gasteiger partial charge in [-0.1, -0.05) is 51.1 Å². The van der Waals surface area contributed by atoms with Crippen molar-refractivity contribution in [2.45, 2.75) is 33.6 Å². The van der Waals surface area contributed by atoms with Gasteiger partial charge in [-0.3, -0.25) is 0 Å². The Balaban J connectivity index is 1.67. The van der Waals surface area contributed by atoms with Gasteiger partial charge in [-0.05, 0) is 41.9 Å². The van der Waals surface area contributed by atoms with E-state index in [0.717, 1.165) is 24.8 Å². The normalized spacial score (nSPS) is 16.8. The summed E-state index contributed by atoms with van der Waals surface area (Å²) in [5.74, 6) is 1.94. The zero-order valence-electron chi connectivity index (χ0n) is 13.9. The van der Waals surface area contributed by atoms with Gasteiger partial charge in [0, 0.05) is 24.8 Å². The minimum Gasteiger partial charge on any atom is -0.357 e. The zero-order valence-corrected chi connectivity index (χ0v) is 13.9. The average Bonchev–Trinajstić information content (AvgIpc) is 2.55. The molecule has 2 heteroatoms. The molecule has 22 heavy (non-hydrogen) atoms. The van der Waals surface area contributed by atoms with Crippen molar-refractivity contribution >= 4 is 5.82 Å². The second kappa shape index (κ2) is 6.12. The summed E-state index contributed by atoms with van der Waals surface area (Å²) in [4.78, 5) is 7.12. The SMILES string of the molecule is CC(C)(C)C1CCN(c2ccc(-c3ccccc3)cn2)CC1. The van der Waals surface area contributed by atoms with E-state index in [1.54, 1.807) is 0 Å². The van der Waals surface area contributed by atoms with Crippen LogP contribution in [-0.4, -0.2) is 18.1 Å². The highest BCUT2D eigenvalue weighted by Gasteiger charge is 2.29. The fourth-order valence-corrected chi connectivity index (χ4v) is 3.35. The molecular formula is C20H26N2. The van der Waals surface area contributed by atoms with Crippen molar-refractivity contribution in [2.24, 2.45) is 11.3 Å². The first-order valence-electron chi connectivity index (χ1n) is 8.30. The number of aromatic nitrogens is 1. The Kier molecular flexibility index (Phi) is 4.19. The average molecular weight is 294 g/mol. The summed E-state index contributed by atoms with van der Waals surface area (Å²) < 4.78 is 0. The lowest BCUT2D eigenvalue weighted by Gasteiger charge is -2.39. The van der Waals surface area contributed by atoms with E-state index in [0.29, 0.717) is 5.41 Å². The van der Waals surface area contributed by atoms with Gasteiger partial charge in [-0.25, -0.2) is 4.98 Å². The Hall–Kier alpha value is -1.83. The smallest absolute Gasteiger partial charge is 0.128 e. The molecule has 0 radical (unpaired) electrons. The molecule has 2 aromatic rings. The molecule has 2 nitrogen and oxygen atoms in total. The molecule has 0 amide bonds. The van der Waals surface area contributed by atoms with Crippen LogP contribution in [0.2, 0.25) is 0 Å². The summed E-state index contributed by atoms with van der Waals surface area (Å²) in [6.45, 7) is 9.33. The number of anilines is 1. The lowest BCUT2D eigenvalue weighted by molar-refractivity contribution is 0.198. The maximum Gasteiger partial charge on any atom is 0.128 e. The molecule has 2 heterocycles. The number of hydrogen-bond acceptors (Lipinski definition) is 2. The number of piperidine rings is 1. The predicted molar refractivity (Wildman–Crippen MR) is 94.1 cm³/mol. The Morgan fingerprint density at radius 3 is 2.14 bits per heavy atom. The molecule has 116 valence electrons. The quantitative estimate of drug-likeness (QED) is 0.774. The lowest BCUT2D eigenvalue weighted by atomic mass is 9.75. The number of nitrogens with zero attached hydrogens (tertiary/aromatic N) is 2. The van der Waals surface area contributed by atoms with Gasteiger partial charge >= 0.3 is 0 Å². The van der Waals surface area contributed by atoms with Crippen molar-refractivity contribution in [3.8, 4) is 11.1 Å². The third-order valence-electron chi connectivity index (χ3n) is 4.90. The molecule has 1 aromatic carbocycles. The van der Waals surface area contributed by atoms with E-state index in [4.69, 9.17) is 4.98 Å². The molecule has 1 aromatic heterocycles. The summed E-state index contributed by atoms with van der Waals surface area (Å²) in [5.41, 5.74) is 2.85. The first-order valence-corrected chi connectivity index (χ1v) is 8.30. The number of benzene rings is 1. The van der Waals surface area contributed by atoms with Gasteiger partial charge in [0.15, 0.2) is 0 Å². The van der Waals surface area contributed by atoms with Crippen LogP contribution >= 0.6 is 0 Å². The van der Waals surface area contributed by atoms with Crippen molar-refractivity contribution in [1.29, 1.82) is 0 Å². The van der Waals surface area contributed by atoms with E-state index < -0.39 is 0 Å². The van der Waals surface area contributed by atoms with E-state index >= 15 is 0 Å². The standard InChI is InChI=1S/C20H26N2/c1-20(2,3)18-11-13-22(14-12-18)19-10-9-17(15-21-19)16-7-5-4-6-8-16/h4-10,15,18H,11-14H2,1-3H3. The minimum absolute atomic E-state index is 0.427. The topological polar surface area (TPSA) is 16.1 Å². The Bertz CT molecular complexity index is 588. The van der Waals surface area contributed by atoms with Crippen LogP contribution in [0.3, 0.4) is 0 Å². The van der Waals surface area contributed by atoms with Gasteiger partial charge < -0.3 is 4.90 Å². The van der Waals surface area contributed by atoms with E-state index in [2.05, 4.69) is 62.1 Å². The van der Waals surface area contributed by atoms with Gasteiger partial charge in [0.2, 0.25) is 0 Å². The van der Waals surface area contributed by atoms with E-state index in [9.17, 15) is 0 Å². The van der Waals surface area contributed by atoms with Crippen molar-refractivity contribution in [3.63, 3.8) is 0 Å². The van der Waals surface area contributed by atoms with Gasteiger partial charge in [0.05, 0.1) is 0 Å². The Morgan fingerprint density at radius 1 is 0.909 bits per heavy atom. The fourth-order valence-electron chi connectivity index (χ4n) is 3.35. The second-order valence-electron chi connectivity index (χ2n) is 7.40. The van der Waals surface area contributed by atoms with Crippen LogP contribution < -0.4 is 4.90 Å². The summed E-state index contributed by atoms with van der Waals surface area (Å²) in [7, 11) is 0. The minimum atomic E-state index is 0.427. The first-order chi connectivity index (χ1) is 10.5. The zero-order chi connectivity index (χ0) is 15.6. The monoisotopic (exact) mass is 294 g/mol. The number of pyridine rings is 1. The molecule has 1 fully saturated rings. The van der Waals surface area contributed by atoms with Crippen LogP contribution in [0.5, 0.6) is 0 Å². The predicted octanol–water partition coefficient (Wildman–Crippen LogP) is 5.01. The molecule has 0 N–H and O–H groups in total. The van der Waals surface area contributed by atoms with Gasteiger partial charge in [0.25, 0.3) is 0 Å². The van der Waals surface area contributed by atoms with Gasteiger partial charge in [0.1, 0.15) is 5.82 Å². The highest BCUT2D eigenvalue weighted by atomic mass is 15.2.